The fourth-order valence-electron chi connectivity index (χ4n) is 2.54. The predicted molar refractivity (Wildman–Crippen MR) is 96.7 cm³/mol. The van der Waals surface area contributed by atoms with E-state index in [1.54, 1.807) is 25.1 Å². The lowest BCUT2D eigenvalue weighted by atomic mass is 10.0. The lowest BCUT2D eigenvalue weighted by Gasteiger charge is -2.07. The average Bonchev–Trinajstić information content (AvgIpc) is 3.20. The van der Waals surface area contributed by atoms with Crippen LogP contribution in [-0.4, -0.2) is 11.2 Å². The van der Waals surface area contributed by atoms with Crippen molar-refractivity contribution < 1.29 is 13.9 Å². The van der Waals surface area contributed by atoms with Crippen LogP contribution in [0.4, 0.5) is 0 Å². The second-order valence-electron chi connectivity index (χ2n) is 6.14. The van der Waals surface area contributed by atoms with Gasteiger partial charge in [0.2, 0.25) is 0 Å². The molecule has 0 aliphatic heterocycles. The second kappa shape index (κ2) is 9.78. The van der Waals surface area contributed by atoms with Gasteiger partial charge >= 0.3 is 0 Å². The summed E-state index contributed by atoms with van der Waals surface area (Å²) < 4.78 is 10.1. The van der Waals surface area contributed by atoms with Crippen molar-refractivity contribution in [2.45, 2.75) is 45.6 Å². The highest BCUT2D eigenvalue weighted by molar-refractivity contribution is 5.21. The molecule has 0 fully saturated rings. The van der Waals surface area contributed by atoms with Crippen LogP contribution in [0.5, 0.6) is 0 Å². The standard InChI is InChI=1S/C21H26O3/c1-17(5-3-7-19-9-11-23-15-19)13-21(22)14-18(2)6-4-8-20-10-12-24-16-20/h3,5-6,9-13,15-16,21-22H,4,7-8,14H2,1-2H3/t21-/m0/s1. The van der Waals surface area contributed by atoms with E-state index >= 15 is 0 Å². The van der Waals surface area contributed by atoms with E-state index in [1.807, 2.05) is 31.2 Å². The smallest absolute Gasteiger partial charge is 0.0937 e. The molecule has 0 aliphatic rings. The molecule has 1 atom stereocenters. The van der Waals surface area contributed by atoms with Crippen molar-refractivity contribution in [3.63, 3.8) is 0 Å². The normalized spacial score (nSPS) is 14.5. The van der Waals surface area contributed by atoms with Crippen LogP contribution in [0, 0.1) is 0 Å². The minimum absolute atomic E-state index is 0.450. The van der Waals surface area contributed by atoms with E-state index in [1.165, 1.54) is 11.1 Å². The van der Waals surface area contributed by atoms with Crippen LogP contribution in [0.25, 0.3) is 0 Å². The van der Waals surface area contributed by atoms with E-state index in [0.717, 1.165) is 30.4 Å². The summed E-state index contributed by atoms with van der Waals surface area (Å²) in [6.07, 6.45) is 18.1. The number of hydrogen-bond acceptors (Lipinski definition) is 3. The van der Waals surface area contributed by atoms with Gasteiger partial charge in [-0.15, -0.1) is 0 Å². The number of hydrogen-bond donors (Lipinski definition) is 1. The average molecular weight is 326 g/mol. The van der Waals surface area contributed by atoms with Crippen molar-refractivity contribution in [1.82, 2.24) is 0 Å². The van der Waals surface area contributed by atoms with E-state index in [0.29, 0.717) is 6.42 Å². The molecular weight excluding hydrogens is 300 g/mol. The predicted octanol–water partition coefficient (Wildman–Crippen LogP) is 5.25. The Balaban J connectivity index is 1.73. The third kappa shape index (κ3) is 6.88. The Hall–Kier alpha value is -2.26. The van der Waals surface area contributed by atoms with Gasteiger partial charge in [0.15, 0.2) is 0 Å². The topological polar surface area (TPSA) is 46.5 Å². The largest absolute Gasteiger partial charge is 0.472 e. The Bertz CT molecular complexity index is 658. The number of rotatable bonds is 9. The van der Waals surface area contributed by atoms with E-state index in [2.05, 4.69) is 19.1 Å². The summed E-state index contributed by atoms with van der Waals surface area (Å²) in [5.41, 5.74) is 4.63. The van der Waals surface area contributed by atoms with Gasteiger partial charge in [0.05, 0.1) is 31.2 Å². The number of aliphatic hydroxyl groups excluding tert-OH is 1. The Morgan fingerprint density at radius 1 is 1.12 bits per heavy atom. The zero-order valence-electron chi connectivity index (χ0n) is 14.4. The van der Waals surface area contributed by atoms with Gasteiger partial charge in [-0.2, -0.15) is 0 Å². The molecule has 2 rings (SSSR count). The summed E-state index contributed by atoms with van der Waals surface area (Å²) in [6.45, 7) is 4.07. The molecule has 0 spiro atoms. The molecular formula is C21H26O3. The maximum absolute atomic E-state index is 10.2. The van der Waals surface area contributed by atoms with E-state index in [9.17, 15) is 5.11 Å². The molecule has 2 aromatic heterocycles. The highest BCUT2D eigenvalue weighted by atomic mass is 16.3. The molecule has 3 heteroatoms. The fraction of sp³-hybridized carbons (Fsp3) is 0.333. The molecule has 2 heterocycles. The molecule has 0 aromatic carbocycles. The first-order valence-electron chi connectivity index (χ1n) is 8.34. The zero-order chi connectivity index (χ0) is 17.2. The molecule has 0 radical (unpaired) electrons. The van der Waals surface area contributed by atoms with Crippen molar-refractivity contribution in [1.29, 1.82) is 0 Å². The van der Waals surface area contributed by atoms with Crippen LogP contribution >= 0.6 is 0 Å². The molecule has 0 unspecified atom stereocenters. The van der Waals surface area contributed by atoms with Crippen LogP contribution in [0.15, 0.2) is 81.5 Å². The molecule has 128 valence electrons. The first kappa shape index (κ1) is 18.1. The monoisotopic (exact) mass is 326 g/mol. The van der Waals surface area contributed by atoms with Crippen molar-refractivity contribution in [3.05, 3.63) is 83.8 Å². The van der Waals surface area contributed by atoms with Crippen LogP contribution < -0.4 is 0 Å². The Kier molecular flexibility index (Phi) is 7.37. The zero-order valence-corrected chi connectivity index (χ0v) is 14.4. The van der Waals surface area contributed by atoms with E-state index in [-0.39, 0.29) is 0 Å². The van der Waals surface area contributed by atoms with Gasteiger partial charge in [0.1, 0.15) is 0 Å². The summed E-state index contributed by atoms with van der Waals surface area (Å²) >= 11 is 0. The van der Waals surface area contributed by atoms with Crippen molar-refractivity contribution in [2.24, 2.45) is 0 Å². The maximum atomic E-state index is 10.2. The summed E-state index contributed by atoms with van der Waals surface area (Å²) in [6, 6.07) is 3.94. The van der Waals surface area contributed by atoms with E-state index < -0.39 is 6.10 Å². The van der Waals surface area contributed by atoms with Gasteiger partial charge in [-0.3, -0.25) is 0 Å². The van der Waals surface area contributed by atoms with Crippen molar-refractivity contribution in [3.8, 4) is 0 Å². The number of allylic oxidation sites excluding steroid dienone is 4. The first-order chi connectivity index (χ1) is 11.6. The van der Waals surface area contributed by atoms with Gasteiger partial charge < -0.3 is 13.9 Å². The Labute approximate surface area is 144 Å². The molecule has 0 saturated heterocycles. The third-order valence-corrected chi connectivity index (χ3v) is 3.81. The van der Waals surface area contributed by atoms with Gasteiger partial charge in [0.25, 0.3) is 0 Å². The minimum Gasteiger partial charge on any atom is -0.472 e. The van der Waals surface area contributed by atoms with Crippen molar-refractivity contribution in [2.75, 3.05) is 0 Å². The lowest BCUT2D eigenvalue weighted by molar-refractivity contribution is 0.223. The molecule has 2 aromatic rings. The highest BCUT2D eigenvalue weighted by Crippen LogP contribution is 2.12. The number of furan rings is 2. The van der Waals surface area contributed by atoms with Gasteiger partial charge in [-0.05, 0) is 62.8 Å². The second-order valence-corrected chi connectivity index (χ2v) is 6.14. The molecule has 1 N–H and O–H groups in total. The van der Waals surface area contributed by atoms with Gasteiger partial charge in [0, 0.05) is 0 Å². The first-order valence-corrected chi connectivity index (χ1v) is 8.34. The SMILES string of the molecule is CC(C=CCc1ccoc1)=C[C@H](O)CC(C)=CCCc1ccoc1. The van der Waals surface area contributed by atoms with Crippen LogP contribution in [-0.2, 0) is 12.8 Å². The molecule has 24 heavy (non-hydrogen) atoms. The molecule has 0 bridgehead atoms. The summed E-state index contributed by atoms with van der Waals surface area (Å²) in [7, 11) is 0. The third-order valence-electron chi connectivity index (χ3n) is 3.81. The number of aliphatic hydroxyl groups is 1. The summed E-state index contributed by atoms with van der Waals surface area (Å²) in [5.74, 6) is 0. The Morgan fingerprint density at radius 3 is 2.50 bits per heavy atom. The van der Waals surface area contributed by atoms with Crippen LogP contribution in [0.2, 0.25) is 0 Å². The van der Waals surface area contributed by atoms with Crippen LogP contribution in [0.1, 0.15) is 37.8 Å². The molecule has 0 saturated carbocycles. The van der Waals surface area contributed by atoms with Crippen molar-refractivity contribution >= 4 is 0 Å². The molecule has 3 nitrogen and oxygen atoms in total. The van der Waals surface area contributed by atoms with E-state index in [4.69, 9.17) is 8.83 Å². The summed E-state index contributed by atoms with van der Waals surface area (Å²) in [4.78, 5) is 0. The van der Waals surface area contributed by atoms with Gasteiger partial charge in [-0.25, -0.2) is 0 Å². The maximum Gasteiger partial charge on any atom is 0.0937 e. The lowest BCUT2D eigenvalue weighted by Crippen LogP contribution is -2.03. The molecule has 0 amide bonds. The quantitative estimate of drug-likeness (QED) is 0.506. The number of aryl methyl sites for hydroxylation is 1. The fourth-order valence-corrected chi connectivity index (χ4v) is 2.54. The molecule has 0 aliphatic carbocycles. The minimum atomic E-state index is -0.450. The highest BCUT2D eigenvalue weighted by Gasteiger charge is 2.02. The summed E-state index contributed by atoms with van der Waals surface area (Å²) in [5, 5.41) is 10.2. The van der Waals surface area contributed by atoms with Crippen LogP contribution in [0.3, 0.4) is 0 Å². The van der Waals surface area contributed by atoms with Gasteiger partial charge in [-0.1, -0.05) is 35.5 Å². The Morgan fingerprint density at radius 2 is 1.83 bits per heavy atom.